The van der Waals surface area contributed by atoms with Crippen LogP contribution in [0.2, 0.25) is 0 Å². The van der Waals surface area contributed by atoms with Crippen molar-refractivity contribution >= 4 is 34.4 Å². The van der Waals surface area contributed by atoms with Crippen LogP contribution in [0.4, 0.5) is 0 Å². The zero-order valence-electron chi connectivity index (χ0n) is 19.9. The van der Waals surface area contributed by atoms with Gasteiger partial charge in [-0.2, -0.15) is 0 Å². The van der Waals surface area contributed by atoms with Crippen LogP contribution in [0.25, 0.3) is 10.8 Å². The van der Waals surface area contributed by atoms with Crippen LogP contribution in [0.5, 0.6) is 0 Å². The molecule has 4 aromatic carbocycles. The summed E-state index contributed by atoms with van der Waals surface area (Å²) in [5.74, 6) is -1.72. The molecule has 2 aliphatic rings. The van der Waals surface area contributed by atoms with Gasteiger partial charge in [0.25, 0.3) is 23.6 Å². The Labute approximate surface area is 207 Å². The van der Waals surface area contributed by atoms with E-state index < -0.39 is 23.6 Å². The number of benzene rings is 4. The fraction of sp³-hybridized carbons (Fsp3) is 0.133. The molecule has 0 aliphatic carbocycles. The minimum absolute atomic E-state index is 0.145. The van der Waals surface area contributed by atoms with Crippen molar-refractivity contribution in [1.82, 2.24) is 9.80 Å². The summed E-state index contributed by atoms with van der Waals surface area (Å²) in [6.45, 7) is 4.20. The van der Waals surface area contributed by atoms with E-state index >= 15 is 0 Å². The molecule has 0 radical (unpaired) electrons. The Hall–Kier alpha value is -4.58. The molecular formula is C30H22N2O4. The summed E-state index contributed by atoms with van der Waals surface area (Å²) in [7, 11) is 0. The third-order valence-corrected chi connectivity index (χ3v) is 6.91. The molecule has 0 atom stereocenters. The van der Waals surface area contributed by atoms with Gasteiger partial charge in [-0.1, -0.05) is 59.7 Å². The highest BCUT2D eigenvalue weighted by Crippen LogP contribution is 2.38. The van der Waals surface area contributed by atoms with E-state index in [1.54, 1.807) is 24.3 Å². The highest BCUT2D eigenvalue weighted by molar-refractivity contribution is 6.33. The fourth-order valence-corrected chi connectivity index (χ4v) is 5.25. The smallest absolute Gasteiger partial charge is 0.261 e. The Bertz CT molecular complexity index is 1460. The van der Waals surface area contributed by atoms with E-state index in [9.17, 15) is 19.2 Å². The number of carbonyl (C=O) groups is 4. The fourth-order valence-electron chi connectivity index (χ4n) is 5.25. The van der Waals surface area contributed by atoms with E-state index in [1.807, 2.05) is 62.4 Å². The maximum absolute atomic E-state index is 13.5. The molecule has 176 valence electrons. The first-order valence-electron chi connectivity index (χ1n) is 11.8. The summed E-state index contributed by atoms with van der Waals surface area (Å²) < 4.78 is 0. The first-order valence-corrected chi connectivity index (χ1v) is 11.8. The van der Waals surface area contributed by atoms with Gasteiger partial charge in [-0.3, -0.25) is 29.0 Å². The van der Waals surface area contributed by atoms with Crippen molar-refractivity contribution in [3.05, 3.63) is 117 Å². The molecule has 6 rings (SSSR count). The van der Waals surface area contributed by atoms with Gasteiger partial charge >= 0.3 is 0 Å². The van der Waals surface area contributed by atoms with Crippen LogP contribution in [-0.4, -0.2) is 33.4 Å². The van der Waals surface area contributed by atoms with E-state index in [0.717, 1.165) is 22.3 Å². The summed E-state index contributed by atoms with van der Waals surface area (Å²) in [4.78, 5) is 56.3. The van der Waals surface area contributed by atoms with Gasteiger partial charge in [-0.15, -0.1) is 0 Å². The summed E-state index contributed by atoms with van der Waals surface area (Å²) in [5.41, 5.74) is 5.07. The van der Waals surface area contributed by atoms with Crippen LogP contribution < -0.4 is 0 Å². The van der Waals surface area contributed by atoms with Crippen molar-refractivity contribution in [3.8, 4) is 0 Å². The zero-order valence-corrected chi connectivity index (χ0v) is 19.9. The lowest BCUT2D eigenvalue weighted by molar-refractivity contribution is 0.0577. The zero-order chi connectivity index (χ0) is 25.1. The van der Waals surface area contributed by atoms with E-state index in [1.165, 1.54) is 9.80 Å². The molecule has 6 nitrogen and oxygen atoms in total. The second kappa shape index (κ2) is 7.99. The lowest BCUT2D eigenvalue weighted by Crippen LogP contribution is -2.42. The first kappa shape index (κ1) is 21.9. The van der Waals surface area contributed by atoms with E-state index in [4.69, 9.17) is 0 Å². The average Bonchev–Trinajstić information content (AvgIpc) is 2.86. The summed E-state index contributed by atoms with van der Waals surface area (Å²) in [5, 5.41) is 0.773. The quantitative estimate of drug-likeness (QED) is 0.388. The maximum Gasteiger partial charge on any atom is 0.261 e. The van der Waals surface area contributed by atoms with E-state index in [0.29, 0.717) is 33.0 Å². The van der Waals surface area contributed by atoms with E-state index in [2.05, 4.69) is 0 Å². The van der Waals surface area contributed by atoms with Gasteiger partial charge in [0, 0.05) is 33.0 Å². The van der Waals surface area contributed by atoms with Gasteiger partial charge in [0.05, 0.1) is 13.1 Å². The Morgan fingerprint density at radius 2 is 0.833 bits per heavy atom. The molecule has 0 aromatic heterocycles. The topological polar surface area (TPSA) is 74.8 Å². The molecule has 36 heavy (non-hydrogen) atoms. The summed E-state index contributed by atoms with van der Waals surface area (Å²) in [6, 6.07) is 21.7. The Kier molecular flexibility index (Phi) is 4.86. The standard InChI is InChI=1S/C30H22N2O4/c1-17-5-3-7-19(13-17)15-31-27(33)21-9-11-23-26-24(12-10-22(25(21)26)28(31)34)30(36)32(29(23)35)16-20-8-4-6-18(2)14-20/h3-14H,15-16H2,1-2H3. The van der Waals surface area contributed by atoms with Crippen LogP contribution in [0.3, 0.4) is 0 Å². The molecule has 0 saturated heterocycles. The SMILES string of the molecule is Cc1cccc(CN2C(=O)c3ccc4c5c(ccc(c35)C2=O)C(=O)N(Cc2cccc(C)c2)C4=O)c1. The summed E-state index contributed by atoms with van der Waals surface area (Å²) >= 11 is 0. The van der Waals surface area contributed by atoms with Gasteiger partial charge < -0.3 is 0 Å². The van der Waals surface area contributed by atoms with Crippen LogP contribution in [0.15, 0.2) is 72.8 Å². The molecule has 0 fully saturated rings. The normalized spacial score (nSPS) is 14.7. The molecule has 6 heteroatoms. The lowest BCUT2D eigenvalue weighted by atomic mass is 9.85. The van der Waals surface area contributed by atoms with Crippen LogP contribution in [0, 0.1) is 13.8 Å². The lowest BCUT2D eigenvalue weighted by Gasteiger charge is -2.32. The third kappa shape index (κ3) is 3.26. The molecule has 0 bridgehead atoms. The van der Waals surface area contributed by atoms with Crippen LogP contribution in [0.1, 0.15) is 63.7 Å². The number of hydrogen-bond acceptors (Lipinski definition) is 4. The van der Waals surface area contributed by atoms with Gasteiger partial charge in [-0.05, 0) is 49.2 Å². The van der Waals surface area contributed by atoms with Gasteiger partial charge in [0.2, 0.25) is 0 Å². The van der Waals surface area contributed by atoms with E-state index in [-0.39, 0.29) is 13.1 Å². The minimum atomic E-state index is -0.431. The highest BCUT2D eigenvalue weighted by atomic mass is 16.2. The van der Waals surface area contributed by atoms with Crippen LogP contribution in [-0.2, 0) is 13.1 Å². The monoisotopic (exact) mass is 474 g/mol. The molecule has 0 N–H and O–H groups in total. The number of carbonyl (C=O) groups excluding carboxylic acids is 4. The molecule has 4 aromatic rings. The van der Waals surface area contributed by atoms with Crippen LogP contribution >= 0.6 is 0 Å². The molecule has 2 heterocycles. The number of amides is 4. The van der Waals surface area contributed by atoms with Crippen molar-refractivity contribution in [3.63, 3.8) is 0 Å². The maximum atomic E-state index is 13.5. The van der Waals surface area contributed by atoms with Gasteiger partial charge in [0.1, 0.15) is 0 Å². The number of nitrogens with zero attached hydrogens (tertiary/aromatic N) is 2. The Morgan fingerprint density at radius 1 is 0.500 bits per heavy atom. The summed E-state index contributed by atoms with van der Waals surface area (Å²) in [6.07, 6.45) is 0. The first-order chi connectivity index (χ1) is 17.3. The largest absolute Gasteiger partial charge is 0.270 e. The number of imide groups is 2. The molecule has 0 spiro atoms. The van der Waals surface area contributed by atoms with Crippen molar-refractivity contribution < 1.29 is 19.2 Å². The predicted molar refractivity (Wildman–Crippen MR) is 135 cm³/mol. The third-order valence-electron chi connectivity index (χ3n) is 6.91. The molecule has 0 saturated carbocycles. The van der Waals surface area contributed by atoms with Crippen molar-refractivity contribution in [1.29, 1.82) is 0 Å². The minimum Gasteiger partial charge on any atom is -0.270 e. The second-order valence-corrected chi connectivity index (χ2v) is 9.44. The van der Waals surface area contributed by atoms with Gasteiger partial charge in [0.15, 0.2) is 0 Å². The van der Waals surface area contributed by atoms with Crippen molar-refractivity contribution in [2.75, 3.05) is 0 Å². The Morgan fingerprint density at radius 3 is 1.14 bits per heavy atom. The Balaban J connectivity index is 1.44. The average molecular weight is 475 g/mol. The van der Waals surface area contributed by atoms with Crippen molar-refractivity contribution in [2.24, 2.45) is 0 Å². The molecule has 4 amide bonds. The second-order valence-electron chi connectivity index (χ2n) is 9.44. The number of hydrogen-bond donors (Lipinski definition) is 0. The number of aryl methyl sites for hydroxylation is 2. The van der Waals surface area contributed by atoms with Gasteiger partial charge in [-0.25, -0.2) is 0 Å². The van der Waals surface area contributed by atoms with Crippen molar-refractivity contribution in [2.45, 2.75) is 26.9 Å². The number of rotatable bonds is 4. The molecule has 2 aliphatic heterocycles. The molecular weight excluding hydrogens is 452 g/mol. The highest BCUT2D eigenvalue weighted by Gasteiger charge is 2.39. The predicted octanol–water partition coefficient (Wildman–Crippen LogP) is 5.05. The molecule has 0 unspecified atom stereocenters.